The first-order chi connectivity index (χ1) is 17.6. The molecule has 18 heteroatoms. The molecule has 1 fully saturated rings. The number of aromatic nitrogens is 4. The van der Waals surface area contributed by atoms with Crippen molar-refractivity contribution in [1.82, 2.24) is 19.5 Å². The maximum atomic E-state index is 13.6. The number of nitrogens with two attached hydrogens (primary N) is 1. The number of aliphatic hydroxyl groups is 3. The number of rotatable bonds is 12. The second-order valence-corrected chi connectivity index (χ2v) is 15.9. The van der Waals surface area contributed by atoms with Crippen LogP contribution in [0.5, 0.6) is 0 Å². The highest BCUT2D eigenvalue weighted by atomic mass is 32.7. The Labute approximate surface area is 222 Å². The first kappa shape index (κ1) is 31.2. The smallest absolute Gasteiger partial charge is 0.360 e. The van der Waals surface area contributed by atoms with Gasteiger partial charge in [0.05, 0.1) is 12.4 Å². The Morgan fingerprint density at radius 1 is 1.16 bits per heavy atom. The fourth-order valence-corrected chi connectivity index (χ4v) is 11.2. The van der Waals surface area contributed by atoms with Crippen molar-refractivity contribution in [3.05, 3.63) is 16.7 Å². The standard InChI is InChI=1S/C20H35N5O10P2S/c1-5-19(29,6-2)36(30,31)35-20(7-3,8-4)37(32,33)38-9-11-13(26)14(27)17(34-11)25-10-22-12-15(25)23-18(21)24-16(12)28/h10-11,13-14,17,26-27,29H,5-9H2,1-4H3,(H,30,31)(H,32,33)(H3,21,23,24,28). The van der Waals surface area contributed by atoms with Crippen molar-refractivity contribution in [2.45, 2.75) is 88.6 Å². The van der Waals surface area contributed by atoms with E-state index in [4.69, 9.17) is 15.0 Å². The van der Waals surface area contributed by atoms with Crippen molar-refractivity contribution >= 4 is 42.7 Å². The topological polar surface area (TPSA) is 243 Å². The summed E-state index contributed by atoms with van der Waals surface area (Å²) in [7, 11) is -4.78. The van der Waals surface area contributed by atoms with Gasteiger partial charge in [0.2, 0.25) is 5.95 Å². The van der Waals surface area contributed by atoms with Crippen molar-refractivity contribution < 1.29 is 43.5 Å². The molecule has 8 N–H and O–H groups in total. The summed E-state index contributed by atoms with van der Waals surface area (Å²) >= 11 is 0.473. The number of hydrogen-bond donors (Lipinski definition) is 7. The van der Waals surface area contributed by atoms with Crippen LogP contribution in [0.2, 0.25) is 0 Å². The molecule has 0 spiro atoms. The number of nitrogen functional groups attached to an aromatic ring is 1. The molecule has 216 valence electrons. The monoisotopic (exact) mass is 599 g/mol. The van der Waals surface area contributed by atoms with Crippen LogP contribution in [-0.2, 0) is 18.4 Å². The third-order valence-electron chi connectivity index (χ3n) is 7.05. The van der Waals surface area contributed by atoms with E-state index >= 15 is 0 Å². The van der Waals surface area contributed by atoms with Gasteiger partial charge in [-0.2, -0.15) is 4.98 Å². The summed E-state index contributed by atoms with van der Waals surface area (Å²) in [4.78, 5) is 44.0. The van der Waals surface area contributed by atoms with E-state index in [2.05, 4.69) is 15.0 Å². The second-order valence-electron chi connectivity index (χ2n) is 9.09. The zero-order chi connectivity index (χ0) is 28.7. The first-order valence-electron chi connectivity index (χ1n) is 12.1. The van der Waals surface area contributed by atoms with E-state index in [-0.39, 0.29) is 48.5 Å². The number of H-pyrrole nitrogens is 1. The molecule has 0 aliphatic carbocycles. The lowest BCUT2D eigenvalue weighted by Gasteiger charge is -2.40. The summed E-state index contributed by atoms with van der Waals surface area (Å²) in [6.45, 7) is 1.59. The van der Waals surface area contributed by atoms with Gasteiger partial charge in [-0.05, 0) is 25.7 Å². The van der Waals surface area contributed by atoms with Crippen molar-refractivity contribution in [3.63, 3.8) is 0 Å². The SMILES string of the molecule is CCC(O)(CC)P(=O)(O)OC(CC)(CC)P(=O)(O)SCC1OC(n2cnc3c(=O)[nH]c(N)nc32)C(O)C1O. The molecule has 0 saturated carbocycles. The molecule has 0 radical (unpaired) electrons. The van der Waals surface area contributed by atoms with Gasteiger partial charge in [-0.15, -0.1) is 0 Å². The van der Waals surface area contributed by atoms with E-state index in [1.807, 2.05) is 0 Å². The predicted molar refractivity (Wildman–Crippen MR) is 141 cm³/mol. The van der Waals surface area contributed by atoms with Crippen LogP contribution < -0.4 is 11.3 Å². The van der Waals surface area contributed by atoms with Crippen LogP contribution in [0.25, 0.3) is 11.2 Å². The fraction of sp³-hybridized carbons (Fsp3) is 0.750. The van der Waals surface area contributed by atoms with Gasteiger partial charge in [0.25, 0.3) is 12.1 Å². The molecule has 1 aliphatic heterocycles. The third kappa shape index (κ3) is 5.36. The maximum absolute atomic E-state index is 13.6. The van der Waals surface area contributed by atoms with Crippen molar-refractivity contribution in [2.24, 2.45) is 0 Å². The Kier molecular flexibility index (Phi) is 9.26. The first-order valence-corrected chi connectivity index (χ1v) is 16.9. The number of hydrogen-bond acceptors (Lipinski definition) is 12. The highest BCUT2D eigenvalue weighted by molar-refractivity contribution is 8.56. The number of fused-ring (bicyclic) bond motifs is 1. The van der Waals surface area contributed by atoms with Crippen LogP contribution in [0, 0.1) is 0 Å². The van der Waals surface area contributed by atoms with Gasteiger partial charge in [0.15, 0.2) is 28.1 Å². The molecule has 0 bridgehead atoms. The lowest BCUT2D eigenvalue weighted by Crippen LogP contribution is -2.36. The highest BCUT2D eigenvalue weighted by Crippen LogP contribution is 2.73. The molecular weight excluding hydrogens is 564 g/mol. The van der Waals surface area contributed by atoms with Crippen LogP contribution >= 0.6 is 25.5 Å². The minimum Gasteiger partial charge on any atom is -0.387 e. The van der Waals surface area contributed by atoms with E-state index < -0.39 is 54.9 Å². The maximum Gasteiger partial charge on any atom is 0.360 e. The summed E-state index contributed by atoms with van der Waals surface area (Å²) in [5, 5.41) is 27.8. The largest absolute Gasteiger partial charge is 0.387 e. The fourth-order valence-electron chi connectivity index (χ4n) is 4.31. The van der Waals surface area contributed by atoms with Gasteiger partial charge < -0.3 is 35.6 Å². The number of nitrogens with zero attached hydrogens (tertiary/aromatic N) is 3. The number of aliphatic hydroxyl groups excluding tert-OH is 2. The molecule has 2 aromatic heterocycles. The summed E-state index contributed by atoms with van der Waals surface area (Å²) in [6.07, 6.45) is -4.70. The van der Waals surface area contributed by atoms with E-state index in [0.717, 1.165) is 0 Å². The Hall–Kier alpha value is -1.32. The van der Waals surface area contributed by atoms with Crippen molar-refractivity contribution in [2.75, 3.05) is 11.5 Å². The van der Waals surface area contributed by atoms with Crippen LogP contribution in [0.1, 0.15) is 59.6 Å². The Bertz CT molecular complexity index is 1300. The average Bonchev–Trinajstić information content (AvgIpc) is 3.41. The predicted octanol–water partition coefficient (Wildman–Crippen LogP) is 1.47. The number of aromatic amines is 1. The molecule has 1 aliphatic rings. The highest BCUT2D eigenvalue weighted by Gasteiger charge is 2.56. The van der Waals surface area contributed by atoms with Gasteiger partial charge >= 0.3 is 7.60 Å². The Morgan fingerprint density at radius 2 is 1.76 bits per heavy atom. The minimum absolute atomic E-state index is 0.00560. The van der Waals surface area contributed by atoms with Crippen LogP contribution in [0.15, 0.2) is 11.1 Å². The van der Waals surface area contributed by atoms with Gasteiger partial charge in [-0.25, -0.2) is 4.98 Å². The molecular formula is C20H35N5O10P2S. The Morgan fingerprint density at radius 3 is 2.32 bits per heavy atom. The lowest BCUT2D eigenvalue weighted by molar-refractivity contribution is -0.0288. The Balaban J connectivity index is 1.83. The minimum atomic E-state index is -4.78. The van der Waals surface area contributed by atoms with Gasteiger partial charge in [-0.3, -0.25) is 28.0 Å². The molecule has 38 heavy (non-hydrogen) atoms. The van der Waals surface area contributed by atoms with E-state index in [0.29, 0.717) is 11.4 Å². The summed E-state index contributed by atoms with van der Waals surface area (Å²) in [6, 6.07) is 0. The molecule has 2 aromatic rings. The lowest BCUT2D eigenvalue weighted by atomic mass is 10.1. The van der Waals surface area contributed by atoms with Crippen LogP contribution in [0.3, 0.4) is 0 Å². The zero-order valence-corrected chi connectivity index (χ0v) is 24.0. The summed E-state index contributed by atoms with van der Waals surface area (Å²) in [5.74, 6) is -0.502. The molecule has 3 rings (SSSR count). The molecule has 1 saturated heterocycles. The van der Waals surface area contributed by atoms with Gasteiger partial charge in [-0.1, -0.05) is 39.1 Å². The number of imidazole rings is 1. The van der Waals surface area contributed by atoms with Crippen molar-refractivity contribution in [1.29, 1.82) is 0 Å². The third-order valence-corrected chi connectivity index (χ3v) is 14.5. The van der Waals surface area contributed by atoms with E-state index in [9.17, 15) is 39.0 Å². The second kappa shape index (κ2) is 11.3. The molecule has 0 amide bonds. The summed E-state index contributed by atoms with van der Waals surface area (Å²) < 4.78 is 39.1. The number of ether oxygens (including phenoxy) is 1. The quantitative estimate of drug-likeness (QED) is 0.171. The molecule has 6 unspecified atom stereocenters. The van der Waals surface area contributed by atoms with Gasteiger partial charge in [0.1, 0.15) is 12.2 Å². The van der Waals surface area contributed by atoms with E-state index in [1.165, 1.54) is 38.6 Å². The van der Waals surface area contributed by atoms with E-state index in [1.54, 1.807) is 0 Å². The average molecular weight is 600 g/mol. The molecule has 15 nitrogen and oxygen atoms in total. The van der Waals surface area contributed by atoms with Crippen LogP contribution in [0.4, 0.5) is 5.95 Å². The normalized spacial score (nSPS) is 25.9. The van der Waals surface area contributed by atoms with Crippen LogP contribution in [-0.4, -0.2) is 79.4 Å². The number of anilines is 1. The number of nitrogens with one attached hydrogen (secondary N) is 1. The zero-order valence-electron chi connectivity index (χ0n) is 21.4. The molecule has 6 atom stereocenters. The summed E-state index contributed by atoms with van der Waals surface area (Å²) in [5.41, 5.74) is 4.93. The van der Waals surface area contributed by atoms with Crippen molar-refractivity contribution in [3.8, 4) is 0 Å². The molecule has 0 aromatic carbocycles. The molecule has 3 heterocycles. The van der Waals surface area contributed by atoms with Gasteiger partial charge in [0, 0.05) is 5.75 Å².